The van der Waals surface area contributed by atoms with Crippen LogP contribution in [-0.4, -0.2) is 6.61 Å². The first-order valence-electron chi connectivity index (χ1n) is 5.70. The molecule has 92 valence electrons. The number of benzene rings is 1. The molecule has 0 saturated carbocycles. The second-order valence-corrected chi connectivity index (χ2v) is 3.79. The summed E-state index contributed by atoms with van der Waals surface area (Å²) in [7, 11) is 0. The van der Waals surface area contributed by atoms with E-state index < -0.39 is 11.6 Å². The molecule has 2 rings (SSSR count). The second-order valence-electron chi connectivity index (χ2n) is 3.79. The molecule has 1 aromatic carbocycles. The molecule has 0 bridgehead atoms. The van der Waals surface area contributed by atoms with Gasteiger partial charge in [-0.05, 0) is 38.0 Å². The Bertz CT molecular complexity index is 441. The Morgan fingerprint density at radius 1 is 1.18 bits per heavy atom. The van der Waals surface area contributed by atoms with Crippen molar-refractivity contribution in [1.82, 2.24) is 0 Å². The fourth-order valence-corrected chi connectivity index (χ4v) is 1.74. The highest BCUT2D eigenvalue weighted by atomic mass is 19.2. The molecule has 0 N–H and O–H groups in total. The maximum Gasteiger partial charge on any atom is 0.205 e. The van der Waals surface area contributed by atoms with Crippen molar-refractivity contribution in [2.45, 2.75) is 26.2 Å². The maximum absolute atomic E-state index is 13.6. The van der Waals surface area contributed by atoms with Crippen molar-refractivity contribution < 1.29 is 18.3 Å². The van der Waals surface area contributed by atoms with Gasteiger partial charge in [0.2, 0.25) is 11.6 Å². The van der Waals surface area contributed by atoms with Gasteiger partial charge in [-0.25, -0.2) is 0 Å². The molecule has 4 heteroatoms. The Labute approximate surface area is 98.8 Å². The van der Waals surface area contributed by atoms with Gasteiger partial charge in [0.1, 0.15) is 5.76 Å². The molecule has 0 spiro atoms. The number of ether oxygens (including phenoxy) is 2. The first kappa shape index (κ1) is 11.9. The summed E-state index contributed by atoms with van der Waals surface area (Å²) in [6, 6.07) is 2.77. The van der Waals surface area contributed by atoms with Gasteiger partial charge in [-0.15, -0.1) is 0 Å². The predicted octanol–water partition coefficient (Wildman–Crippen LogP) is 3.81. The molecular formula is C13H14F2O2. The fourth-order valence-electron chi connectivity index (χ4n) is 1.74. The van der Waals surface area contributed by atoms with Crippen LogP contribution in [0.15, 0.2) is 24.0 Å². The number of hydrogen-bond donors (Lipinski definition) is 0. The van der Waals surface area contributed by atoms with E-state index in [1.165, 1.54) is 12.1 Å². The van der Waals surface area contributed by atoms with E-state index >= 15 is 0 Å². The van der Waals surface area contributed by atoms with Crippen LogP contribution in [0.2, 0.25) is 0 Å². The van der Waals surface area contributed by atoms with Crippen molar-refractivity contribution in [1.29, 1.82) is 0 Å². The molecule has 0 atom stereocenters. The predicted molar refractivity (Wildman–Crippen MR) is 60.1 cm³/mol. The molecule has 0 heterocycles. The summed E-state index contributed by atoms with van der Waals surface area (Å²) in [6.07, 6.45) is 4.59. The summed E-state index contributed by atoms with van der Waals surface area (Å²) in [5.74, 6) is -1.46. The van der Waals surface area contributed by atoms with Crippen molar-refractivity contribution in [3.63, 3.8) is 0 Å². The number of halogens is 2. The number of rotatable bonds is 4. The minimum atomic E-state index is -0.997. The van der Waals surface area contributed by atoms with Crippen LogP contribution < -0.4 is 9.47 Å². The van der Waals surface area contributed by atoms with Crippen molar-refractivity contribution in [3.05, 3.63) is 35.6 Å². The van der Waals surface area contributed by atoms with Crippen LogP contribution in [0, 0.1) is 11.6 Å². The third-order valence-electron chi connectivity index (χ3n) is 2.55. The monoisotopic (exact) mass is 240 g/mol. The third-order valence-corrected chi connectivity index (χ3v) is 2.55. The standard InChI is InChI=1S/C13H14F2O2/c1-2-16-10-7-8-11(13(15)12(10)14)17-9-5-3-4-6-9/h5,7-8H,2-4,6H2,1H3. The van der Waals surface area contributed by atoms with Gasteiger partial charge in [0.15, 0.2) is 11.5 Å². The fraction of sp³-hybridized carbons (Fsp3) is 0.385. The van der Waals surface area contributed by atoms with Crippen LogP contribution in [0.1, 0.15) is 26.2 Å². The van der Waals surface area contributed by atoms with Crippen molar-refractivity contribution in [2.75, 3.05) is 6.61 Å². The lowest BCUT2D eigenvalue weighted by atomic mass is 10.3. The SMILES string of the molecule is CCOc1ccc(OC2=CCCC2)c(F)c1F. The Balaban J connectivity index is 2.20. The van der Waals surface area contributed by atoms with Gasteiger partial charge >= 0.3 is 0 Å². The van der Waals surface area contributed by atoms with E-state index in [-0.39, 0.29) is 11.5 Å². The topological polar surface area (TPSA) is 18.5 Å². The van der Waals surface area contributed by atoms with Gasteiger partial charge in [0, 0.05) is 6.42 Å². The average molecular weight is 240 g/mol. The lowest BCUT2D eigenvalue weighted by Crippen LogP contribution is -2.00. The molecule has 0 unspecified atom stereocenters. The van der Waals surface area contributed by atoms with E-state index in [1.807, 2.05) is 6.08 Å². The van der Waals surface area contributed by atoms with Crippen molar-refractivity contribution >= 4 is 0 Å². The van der Waals surface area contributed by atoms with Crippen molar-refractivity contribution in [2.24, 2.45) is 0 Å². The van der Waals surface area contributed by atoms with E-state index in [9.17, 15) is 8.78 Å². The second kappa shape index (κ2) is 5.17. The molecular weight excluding hydrogens is 226 g/mol. The highest BCUT2D eigenvalue weighted by Gasteiger charge is 2.17. The molecule has 2 nitrogen and oxygen atoms in total. The zero-order chi connectivity index (χ0) is 12.3. The van der Waals surface area contributed by atoms with Gasteiger partial charge in [-0.2, -0.15) is 8.78 Å². The Morgan fingerprint density at radius 2 is 1.88 bits per heavy atom. The summed E-state index contributed by atoms with van der Waals surface area (Å²) in [5.41, 5.74) is 0. The van der Waals surface area contributed by atoms with E-state index in [4.69, 9.17) is 9.47 Å². The smallest absolute Gasteiger partial charge is 0.205 e. The largest absolute Gasteiger partial charge is 0.491 e. The molecule has 0 aromatic heterocycles. The molecule has 1 aromatic rings. The molecule has 0 aliphatic heterocycles. The quantitative estimate of drug-likeness (QED) is 0.796. The van der Waals surface area contributed by atoms with Gasteiger partial charge in [-0.3, -0.25) is 0 Å². The molecule has 0 amide bonds. The van der Waals surface area contributed by atoms with Gasteiger partial charge in [0.25, 0.3) is 0 Å². The van der Waals surface area contributed by atoms with E-state index in [2.05, 4.69) is 0 Å². The summed E-state index contributed by atoms with van der Waals surface area (Å²) in [5, 5.41) is 0. The minimum absolute atomic E-state index is 0.0842. The van der Waals surface area contributed by atoms with Crippen LogP contribution in [0.3, 0.4) is 0 Å². The van der Waals surface area contributed by atoms with E-state index in [0.717, 1.165) is 19.3 Å². The first-order valence-corrected chi connectivity index (χ1v) is 5.70. The number of hydrogen-bond acceptors (Lipinski definition) is 2. The number of allylic oxidation sites excluding steroid dienone is 2. The normalized spacial score (nSPS) is 14.6. The Hall–Kier alpha value is -1.58. The van der Waals surface area contributed by atoms with Crippen LogP contribution in [-0.2, 0) is 0 Å². The molecule has 1 aliphatic rings. The van der Waals surface area contributed by atoms with E-state index in [0.29, 0.717) is 12.4 Å². The van der Waals surface area contributed by atoms with Crippen molar-refractivity contribution in [3.8, 4) is 11.5 Å². The van der Waals surface area contributed by atoms with Gasteiger partial charge < -0.3 is 9.47 Å². The molecule has 0 saturated heterocycles. The zero-order valence-corrected chi connectivity index (χ0v) is 9.63. The third kappa shape index (κ3) is 2.57. The maximum atomic E-state index is 13.6. The Morgan fingerprint density at radius 3 is 2.53 bits per heavy atom. The highest BCUT2D eigenvalue weighted by Crippen LogP contribution is 2.30. The van der Waals surface area contributed by atoms with Crippen LogP contribution in [0.5, 0.6) is 11.5 Å². The summed E-state index contributed by atoms with van der Waals surface area (Å²) >= 11 is 0. The minimum Gasteiger partial charge on any atom is -0.491 e. The lowest BCUT2D eigenvalue weighted by molar-refractivity contribution is 0.306. The summed E-state index contributed by atoms with van der Waals surface area (Å²) < 4.78 is 37.4. The molecule has 1 aliphatic carbocycles. The molecule has 0 radical (unpaired) electrons. The molecule has 0 fully saturated rings. The van der Waals surface area contributed by atoms with Gasteiger partial charge in [0.05, 0.1) is 6.61 Å². The van der Waals surface area contributed by atoms with Gasteiger partial charge in [-0.1, -0.05) is 0 Å². The highest BCUT2D eigenvalue weighted by molar-refractivity contribution is 5.36. The van der Waals surface area contributed by atoms with Crippen LogP contribution in [0.25, 0.3) is 0 Å². The zero-order valence-electron chi connectivity index (χ0n) is 9.63. The molecule has 17 heavy (non-hydrogen) atoms. The Kier molecular flexibility index (Phi) is 3.61. The van der Waals surface area contributed by atoms with Crippen LogP contribution >= 0.6 is 0 Å². The summed E-state index contributed by atoms with van der Waals surface area (Å²) in [6.45, 7) is 2.01. The first-order chi connectivity index (χ1) is 8.22. The lowest BCUT2D eigenvalue weighted by Gasteiger charge is -2.10. The van der Waals surface area contributed by atoms with E-state index in [1.54, 1.807) is 6.92 Å². The average Bonchev–Trinajstić information content (AvgIpc) is 2.82. The summed E-state index contributed by atoms with van der Waals surface area (Å²) in [4.78, 5) is 0. The van der Waals surface area contributed by atoms with Crippen LogP contribution in [0.4, 0.5) is 8.78 Å².